The Labute approximate surface area is 108 Å². The van der Waals surface area contributed by atoms with Crippen molar-refractivity contribution in [3.8, 4) is 12.1 Å². The van der Waals surface area contributed by atoms with E-state index < -0.39 is 22.1 Å². The van der Waals surface area contributed by atoms with Gasteiger partial charge in [0.15, 0.2) is 5.69 Å². The maximum Gasteiger partial charge on any atom is 0.330 e. The zero-order valence-electron chi connectivity index (χ0n) is 8.52. The Morgan fingerprint density at radius 3 is 2.61 bits per heavy atom. The predicted molar refractivity (Wildman–Crippen MR) is 63.0 cm³/mol. The van der Waals surface area contributed by atoms with Crippen molar-refractivity contribution in [2.75, 3.05) is 5.43 Å². The molecule has 0 aliphatic carbocycles. The second-order valence-corrected chi connectivity index (χ2v) is 3.66. The number of anilines is 1. The molecule has 1 N–H and O–H groups in total. The number of hydrazone groups is 1. The van der Waals surface area contributed by atoms with E-state index in [4.69, 9.17) is 10.5 Å². The summed E-state index contributed by atoms with van der Waals surface area (Å²) in [4.78, 5) is 9.77. The molecule has 0 unspecified atom stereocenters. The molecule has 0 aliphatic rings. The van der Waals surface area contributed by atoms with Crippen LogP contribution in [-0.2, 0) is 0 Å². The number of nitrogens with zero attached hydrogens (tertiary/aromatic N) is 4. The second-order valence-electron chi connectivity index (χ2n) is 2.81. The lowest BCUT2D eigenvalue weighted by Gasteiger charge is -2.04. The lowest BCUT2D eigenvalue weighted by Crippen LogP contribution is -2.02. The normalized spacial score (nSPS) is 8.89. The summed E-state index contributed by atoms with van der Waals surface area (Å²) in [7, 11) is 0. The molecule has 18 heavy (non-hydrogen) atoms. The molecule has 0 bridgehead atoms. The lowest BCUT2D eigenvalue weighted by molar-refractivity contribution is -0.386. The maximum absolute atomic E-state index is 13.3. The first-order valence-electron chi connectivity index (χ1n) is 4.27. The van der Waals surface area contributed by atoms with Crippen LogP contribution in [0, 0.1) is 38.6 Å². The minimum atomic E-state index is -1.06. The van der Waals surface area contributed by atoms with Crippen LogP contribution in [0.4, 0.5) is 15.8 Å². The lowest BCUT2D eigenvalue weighted by atomic mass is 10.2. The molecule has 0 aliphatic heterocycles. The molecule has 0 radical (unpaired) electrons. The molecule has 1 rings (SSSR count). The van der Waals surface area contributed by atoms with Gasteiger partial charge in [-0.05, 0) is 28.1 Å². The van der Waals surface area contributed by atoms with E-state index in [1.54, 1.807) is 0 Å². The monoisotopic (exact) mass is 311 g/mol. The Bertz CT molecular complexity index is 601. The number of hydrogen-bond donors (Lipinski definition) is 1. The topological polar surface area (TPSA) is 115 Å². The average Bonchev–Trinajstić information content (AvgIpc) is 2.34. The number of hydrogen-bond acceptors (Lipinski definition) is 6. The fourth-order valence-corrected chi connectivity index (χ4v) is 1.42. The number of halogens is 2. The highest BCUT2D eigenvalue weighted by molar-refractivity contribution is 9.10. The predicted octanol–water partition coefficient (Wildman–Crippen LogP) is 2.31. The number of nitriles is 2. The Morgan fingerprint density at radius 2 is 2.11 bits per heavy atom. The summed E-state index contributed by atoms with van der Waals surface area (Å²) < 4.78 is 13.5. The zero-order chi connectivity index (χ0) is 13.7. The molecule has 0 amide bonds. The van der Waals surface area contributed by atoms with Crippen molar-refractivity contribution >= 4 is 33.0 Å². The van der Waals surface area contributed by atoms with Crippen molar-refractivity contribution in [3.05, 3.63) is 32.5 Å². The number of nitro benzene ring substituents is 1. The third kappa shape index (κ3) is 2.78. The smallest absolute Gasteiger partial charge is 0.269 e. The molecular formula is C9H3BrFN5O2. The Balaban J connectivity index is 3.30. The molecule has 9 heteroatoms. The van der Waals surface area contributed by atoms with Gasteiger partial charge in [0.05, 0.1) is 4.92 Å². The van der Waals surface area contributed by atoms with Crippen LogP contribution in [0.5, 0.6) is 0 Å². The fourth-order valence-electron chi connectivity index (χ4n) is 1.01. The quantitative estimate of drug-likeness (QED) is 0.522. The molecule has 0 saturated heterocycles. The van der Waals surface area contributed by atoms with Gasteiger partial charge >= 0.3 is 5.69 Å². The molecular weight excluding hydrogens is 309 g/mol. The van der Waals surface area contributed by atoms with E-state index in [-0.39, 0.29) is 10.2 Å². The zero-order valence-corrected chi connectivity index (χ0v) is 10.1. The molecule has 1 aromatic rings. The van der Waals surface area contributed by atoms with Gasteiger partial charge in [0.25, 0.3) is 0 Å². The highest BCUT2D eigenvalue weighted by Crippen LogP contribution is 2.34. The number of benzene rings is 1. The van der Waals surface area contributed by atoms with E-state index >= 15 is 0 Å². The van der Waals surface area contributed by atoms with Crippen molar-refractivity contribution in [3.63, 3.8) is 0 Å². The third-order valence-corrected chi connectivity index (χ3v) is 2.41. The van der Waals surface area contributed by atoms with Crippen LogP contribution in [0.1, 0.15) is 0 Å². The van der Waals surface area contributed by atoms with Gasteiger partial charge in [-0.1, -0.05) is 0 Å². The Morgan fingerprint density at radius 1 is 1.50 bits per heavy atom. The maximum atomic E-state index is 13.3. The summed E-state index contributed by atoms with van der Waals surface area (Å²) >= 11 is 2.97. The van der Waals surface area contributed by atoms with Gasteiger partial charge in [-0.25, -0.2) is 0 Å². The van der Waals surface area contributed by atoms with Crippen molar-refractivity contribution < 1.29 is 9.31 Å². The summed E-state index contributed by atoms with van der Waals surface area (Å²) in [5, 5.41) is 30.9. The van der Waals surface area contributed by atoms with E-state index in [1.807, 2.05) is 0 Å². The van der Waals surface area contributed by atoms with E-state index in [2.05, 4.69) is 26.5 Å². The minimum absolute atomic E-state index is 0.176. The first-order valence-corrected chi connectivity index (χ1v) is 5.06. The van der Waals surface area contributed by atoms with Gasteiger partial charge in [0, 0.05) is 4.47 Å². The van der Waals surface area contributed by atoms with E-state index in [9.17, 15) is 14.5 Å². The van der Waals surface area contributed by atoms with Gasteiger partial charge in [-0.3, -0.25) is 15.5 Å². The highest BCUT2D eigenvalue weighted by Gasteiger charge is 2.22. The van der Waals surface area contributed by atoms with Crippen LogP contribution in [0.3, 0.4) is 0 Å². The molecule has 0 saturated carbocycles. The van der Waals surface area contributed by atoms with Gasteiger partial charge < -0.3 is 0 Å². The summed E-state index contributed by atoms with van der Waals surface area (Å²) in [6.45, 7) is 0. The number of nitro groups is 1. The molecule has 7 nitrogen and oxygen atoms in total. The van der Waals surface area contributed by atoms with Crippen molar-refractivity contribution in [2.24, 2.45) is 5.10 Å². The van der Waals surface area contributed by atoms with Gasteiger partial charge in [-0.2, -0.15) is 20.0 Å². The number of nitrogens with one attached hydrogen (secondary N) is 1. The van der Waals surface area contributed by atoms with Crippen LogP contribution in [0.15, 0.2) is 21.7 Å². The molecule has 0 heterocycles. The summed E-state index contributed by atoms with van der Waals surface area (Å²) in [6, 6.07) is 5.05. The van der Waals surface area contributed by atoms with E-state index in [1.165, 1.54) is 18.2 Å². The van der Waals surface area contributed by atoms with Crippen LogP contribution in [0.2, 0.25) is 0 Å². The Hall–Kier alpha value is -2.52. The SMILES string of the molecule is N#CC(C#N)=NNc1c(Br)ccc(F)c1[N+](=O)[O-]. The van der Waals surface area contributed by atoms with Crippen molar-refractivity contribution in [1.29, 1.82) is 10.5 Å². The molecule has 0 aromatic heterocycles. The van der Waals surface area contributed by atoms with Crippen molar-refractivity contribution in [1.82, 2.24) is 0 Å². The summed E-state index contributed by atoms with van der Waals surface area (Å²) in [5.74, 6) is -1.06. The molecule has 0 fully saturated rings. The molecule has 0 atom stereocenters. The van der Waals surface area contributed by atoms with Crippen LogP contribution >= 0.6 is 15.9 Å². The van der Waals surface area contributed by atoms with Crippen LogP contribution in [0.25, 0.3) is 0 Å². The fraction of sp³-hybridized carbons (Fsp3) is 0. The highest BCUT2D eigenvalue weighted by atomic mass is 79.9. The Kier molecular flexibility index (Phi) is 4.29. The first-order chi connectivity index (χ1) is 8.51. The summed E-state index contributed by atoms with van der Waals surface area (Å²) in [6.07, 6.45) is 0. The number of rotatable bonds is 3. The van der Waals surface area contributed by atoms with Crippen molar-refractivity contribution in [2.45, 2.75) is 0 Å². The van der Waals surface area contributed by atoms with E-state index in [0.29, 0.717) is 0 Å². The second kappa shape index (κ2) is 5.70. The largest absolute Gasteiger partial charge is 0.330 e. The standard InChI is InChI=1S/C9H3BrFN5O2/c10-6-1-2-7(11)9(16(17)18)8(6)15-14-5(3-12)4-13/h1-2,15H. The average molecular weight is 312 g/mol. The molecule has 1 aromatic carbocycles. The van der Waals surface area contributed by atoms with Gasteiger partial charge in [0.1, 0.15) is 12.1 Å². The van der Waals surface area contributed by atoms with Gasteiger partial charge in [0.2, 0.25) is 11.5 Å². The van der Waals surface area contributed by atoms with Crippen LogP contribution < -0.4 is 5.43 Å². The van der Waals surface area contributed by atoms with E-state index in [0.717, 1.165) is 6.07 Å². The van der Waals surface area contributed by atoms with Gasteiger partial charge in [-0.15, -0.1) is 0 Å². The summed E-state index contributed by atoms with van der Waals surface area (Å²) in [5.41, 5.74) is 0.474. The first kappa shape index (κ1) is 13.5. The third-order valence-electron chi connectivity index (χ3n) is 1.75. The minimum Gasteiger partial charge on any atom is -0.269 e. The molecule has 90 valence electrons. The van der Waals surface area contributed by atoms with Crippen LogP contribution in [-0.4, -0.2) is 10.6 Å². The molecule has 0 spiro atoms.